The van der Waals surface area contributed by atoms with Crippen LogP contribution in [0.3, 0.4) is 0 Å². The standard InChI is InChI=1S/C15H18N2O3S/c16-11-13-2-1-3-15(10-13)21(19,20)17-14-6-4-12(5-7-14)8-9-18/h1-7,10,17-18H,8-9,11,16H2. The Hall–Kier alpha value is -1.89. The van der Waals surface area contributed by atoms with Crippen molar-refractivity contribution >= 4 is 15.7 Å². The lowest BCUT2D eigenvalue weighted by molar-refractivity contribution is 0.299. The van der Waals surface area contributed by atoms with E-state index in [9.17, 15) is 8.42 Å². The smallest absolute Gasteiger partial charge is 0.261 e. The molecule has 0 aliphatic carbocycles. The van der Waals surface area contributed by atoms with E-state index in [1.165, 1.54) is 6.07 Å². The molecule has 2 rings (SSSR count). The molecule has 21 heavy (non-hydrogen) atoms. The molecule has 0 unspecified atom stereocenters. The maximum absolute atomic E-state index is 12.3. The zero-order valence-electron chi connectivity index (χ0n) is 11.5. The second-order valence-electron chi connectivity index (χ2n) is 4.63. The third-order valence-electron chi connectivity index (χ3n) is 3.05. The van der Waals surface area contributed by atoms with Crippen LogP contribution in [0.25, 0.3) is 0 Å². The summed E-state index contributed by atoms with van der Waals surface area (Å²) in [6.45, 7) is 0.357. The summed E-state index contributed by atoms with van der Waals surface area (Å²) >= 11 is 0. The fourth-order valence-corrected chi connectivity index (χ4v) is 3.05. The highest BCUT2D eigenvalue weighted by Gasteiger charge is 2.14. The van der Waals surface area contributed by atoms with Crippen LogP contribution in [0.5, 0.6) is 0 Å². The average Bonchev–Trinajstić information content (AvgIpc) is 2.49. The second kappa shape index (κ2) is 6.71. The number of aliphatic hydroxyl groups is 1. The van der Waals surface area contributed by atoms with E-state index in [1.54, 1.807) is 42.5 Å². The Labute approximate surface area is 124 Å². The van der Waals surface area contributed by atoms with E-state index in [1.807, 2.05) is 0 Å². The molecule has 0 aromatic heterocycles. The lowest BCUT2D eigenvalue weighted by atomic mass is 10.1. The lowest BCUT2D eigenvalue weighted by Gasteiger charge is -2.09. The minimum absolute atomic E-state index is 0.0664. The fraction of sp³-hybridized carbons (Fsp3) is 0.200. The van der Waals surface area contributed by atoms with Crippen molar-refractivity contribution in [2.75, 3.05) is 11.3 Å². The predicted octanol–water partition coefficient (Wildman–Crippen LogP) is 1.48. The SMILES string of the molecule is NCc1cccc(S(=O)(=O)Nc2ccc(CCO)cc2)c1. The van der Waals surface area contributed by atoms with Crippen LogP contribution in [0.1, 0.15) is 11.1 Å². The van der Waals surface area contributed by atoms with Crippen LogP contribution in [0.15, 0.2) is 53.4 Å². The molecule has 2 aromatic carbocycles. The van der Waals surface area contributed by atoms with Gasteiger partial charge < -0.3 is 10.8 Å². The molecule has 4 N–H and O–H groups in total. The van der Waals surface area contributed by atoms with Crippen LogP contribution >= 0.6 is 0 Å². The van der Waals surface area contributed by atoms with Gasteiger partial charge >= 0.3 is 0 Å². The molecule has 0 aliphatic heterocycles. The van der Waals surface area contributed by atoms with Crippen molar-refractivity contribution in [2.24, 2.45) is 5.73 Å². The summed E-state index contributed by atoms with van der Waals surface area (Å²) in [5, 5.41) is 8.85. The molecule has 0 amide bonds. The molecule has 0 radical (unpaired) electrons. The first-order chi connectivity index (χ1) is 10.0. The van der Waals surface area contributed by atoms with Gasteiger partial charge in [0.1, 0.15) is 0 Å². The summed E-state index contributed by atoms with van der Waals surface area (Å²) in [6.07, 6.45) is 0.547. The largest absolute Gasteiger partial charge is 0.396 e. The van der Waals surface area contributed by atoms with Gasteiger partial charge in [0.15, 0.2) is 0 Å². The highest BCUT2D eigenvalue weighted by atomic mass is 32.2. The van der Waals surface area contributed by atoms with Crippen LogP contribution in [0, 0.1) is 0 Å². The summed E-state index contributed by atoms with van der Waals surface area (Å²) in [4.78, 5) is 0.185. The highest BCUT2D eigenvalue weighted by molar-refractivity contribution is 7.92. The third-order valence-corrected chi connectivity index (χ3v) is 4.43. The first-order valence-electron chi connectivity index (χ1n) is 6.57. The van der Waals surface area contributed by atoms with Gasteiger partial charge in [-0.2, -0.15) is 0 Å². The number of benzene rings is 2. The number of rotatable bonds is 6. The van der Waals surface area contributed by atoms with Gasteiger partial charge in [0, 0.05) is 18.8 Å². The molecule has 0 saturated carbocycles. The minimum Gasteiger partial charge on any atom is -0.396 e. The second-order valence-corrected chi connectivity index (χ2v) is 6.31. The van der Waals surface area contributed by atoms with E-state index in [0.29, 0.717) is 18.7 Å². The molecule has 112 valence electrons. The van der Waals surface area contributed by atoms with Crippen LogP contribution in [-0.2, 0) is 23.0 Å². The average molecular weight is 306 g/mol. The Balaban J connectivity index is 2.20. The number of anilines is 1. The first-order valence-corrected chi connectivity index (χ1v) is 8.05. The fourth-order valence-electron chi connectivity index (χ4n) is 1.92. The number of hydrogen-bond acceptors (Lipinski definition) is 4. The molecule has 5 nitrogen and oxygen atoms in total. The molecule has 0 aliphatic rings. The zero-order chi connectivity index (χ0) is 15.3. The van der Waals surface area contributed by atoms with Crippen LogP contribution < -0.4 is 10.5 Å². The quantitative estimate of drug-likeness (QED) is 0.753. The molecular weight excluding hydrogens is 288 g/mol. The molecule has 0 bridgehead atoms. The first kappa shape index (κ1) is 15.5. The van der Waals surface area contributed by atoms with Crippen molar-refractivity contribution in [3.8, 4) is 0 Å². The van der Waals surface area contributed by atoms with Crippen molar-refractivity contribution in [2.45, 2.75) is 17.9 Å². The Morgan fingerprint density at radius 2 is 1.76 bits per heavy atom. The van der Waals surface area contributed by atoms with E-state index in [2.05, 4.69) is 4.72 Å². The van der Waals surface area contributed by atoms with Gasteiger partial charge in [-0.3, -0.25) is 4.72 Å². The number of hydrogen-bond donors (Lipinski definition) is 3. The van der Waals surface area contributed by atoms with Crippen LogP contribution in [0.2, 0.25) is 0 Å². The van der Waals surface area contributed by atoms with E-state index >= 15 is 0 Å². The summed E-state index contributed by atoms with van der Waals surface area (Å²) in [5.74, 6) is 0. The van der Waals surface area contributed by atoms with E-state index in [-0.39, 0.29) is 11.5 Å². The molecule has 0 saturated heterocycles. The van der Waals surface area contributed by atoms with Gasteiger partial charge in [-0.05, 0) is 41.8 Å². The molecule has 0 spiro atoms. The van der Waals surface area contributed by atoms with Gasteiger partial charge in [-0.25, -0.2) is 8.42 Å². The molecule has 6 heteroatoms. The maximum Gasteiger partial charge on any atom is 0.261 e. The Morgan fingerprint density at radius 3 is 2.38 bits per heavy atom. The number of nitrogens with one attached hydrogen (secondary N) is 1. The van der Waals surface area contributed by atoms with Crippen LogP contribution in [-0.4, -0.2) is 20.1 Å². The lowest BCUT2D eigenvalue weighted by Crippen LogP contribution is -2.13. The maximum atomic E-state index is 12.3. The molecular formula is C15H18N2O3S. The molecule has 0 fully saturated rings. The monoisotopic (exact) mass is 306 g/mol. The summed E-state index contributed by atoms with van der Waals surface area (Å²) in [7, 11) is -3.63. The minimum atomic E-state index is -3.63. The van der Waals surface area contributed by atoms with Gasteiger partial charge in [0.2, 0.25) is 0 Å². The predicted molar refractivity (Wildman–Crippen MR) is 82.4 cm³/mol. The topological polar surface area (TPSA) is 92.4 Å². The Kier molecular flexibility index (Phi) is 4.95. The molecule has 2 aromatic rings. The number of aliphatic hydroxyl groups excluding tert-OH is 1. The summed E-state index contributed by atoms with van der Waals surface area (Å²) in [5.41, 5.74) is 7.72. The van der Waals surface area contributed by atoms with Gasteiger partial charge in [-0.1, -0.05) is 24.3 Å². The van der Waals surface area contributed by atoms with E-state index in [0.717, 1.165) is 11.1 Å². The Morgan fingerprint density at radius 1 is 1.05 bits per heavy atom. The number of nitrogens with two attached hydrogens (primary N) is 1. The normalized spacial score (nSPS) is 11.3. The summed E-state index contributed by atoms with van der Waals surface area (Å²) in [6, 6.07) is 13.5. The highest BCUT2D eigenvalue weighted by Crippen LogP contribution is 2.17. The number of sulfonamides is 1. The zero-order valence-corrected chi connectivity index (χ0v) is 12.3. The van der Waals surface area contributed by atoms with Gasteiger partial charge in [0.05, 0.1) is 4.90 Å². The van der Waals surface area contributed by atoms with Crippen molar-refractivity contribution < 1.29 is 13.5 Å². The van der Waals surface area contributed by atoms with E-state index < -0.39 is 10.0 Å². The van der Waals surface area contributed by atoms with Gasteiger partial charge in [0.25, 0.3) is 10.0 Å². The summed E-state index contributed by atoms with van der Waals surface area (Å²) < 4.78 is 27.1. The van der Waals surface area contributed by atoms with Crippen molar-refractivity contribution in [1.82, 2.24) is 0 Å². The van der Waals surface area contributed by atoms with Crippen LogP contribution in [0.4, 0.5) is 5.69 Å². The molecule has 0 atom stereocenters. The van der Waals surface area contributed by atoms with Crippen molar-refractivity contribution in [3.05, 3.63) is 59.7 Å². The molecule has 0 heterocycles. The Bertz CT molecular complexity index is 697. The van der Waals surface area contributed by atoms with Crippen molar-refractivity contribution in [1.29, 1.82) is 0 Å². The van der Waals surface area contributed by atoms with Crippen molar-refractivity contribution in [3.63, 3.8) is 0 Å². The van der Waals surface area contributed by atoms with E-state index in [4.69, 9.17) is 10.8 Å². The third kappa shape index (κ3) is 4.04. The van der Waals surface area contributed by atoms with Gasteiger partial charge in [-0.15, -0.1) is 0 Å².